The first kappa shape index (κ1) is 13.1. The highest BCUT2D eigenvalue weighted by Gasteiger charge is 2.36. The van der Waals surface area contributed by atoms with Gasteiger partial charge >= 0.3 is 0 Å². The third-order valence-electron chi connectivity index (χ3n) is 4.65. The molecule has 3 heteroatoms. The van der Waals surface area contributed by atoms with Crippen molar-refractivity contribution < 1.29 is 4.79 Å². The molecule has 0 spiro atoms. The molecule has 0 bridgehead atoms. The van der Waals surface area contributed by atoms with E-state index in [2.05, 4.69) is 4.90 Å². The first-order valence-corrected chi connectivity index (χ1v) is 7.65. The van der Waals surface area contributed by atoms with Gasteiger partial charge in [0.05, 0.1) is 11.6 Å². The smallest absolute Gasteiger partial charge is 0.178 e. The van der Waals surface area contributed by atoms with Gasteiger partial charge in [0.15, 0.2) is 5.78 Å². The number of carbonyl (C=O) groups excluding carboxylic acids is 1. The summed E-state index contributed by atoms with van der Waals surface area (Å²) in [6.45, 7) is 1.61. The lowest BCUT2D eigenvalue weighted by Crippen LogP contribution is -2.38. The molecule has 0 radical (unpaired) electrons. The van der Waals surface area contributed by atoms with Crippen LogP contribution in [-0.2, 0) is 0 Å². The van der Waals surface area contributed by atoms with Crippen molar-refractivity contribution in [2.75, 3.05) is 13.1 Å². The van der Waals surface area contributed by atoms with Crippen molar-refractivity contribution in [2.24, 2.45) is 5.92 Å². The molecule has 0 N–H and O–H groups in total. The second-order valence-electron chi connectivity index (χ2n) is 5.77. The van der Waals surface area contributed by atoms with Crippen LogP contribution in [0.5, 0.6) is 0 Å². The Hall–Kier alpha value is -0.860. The highest BCUT2D eigenvalue weighted by Crippen LogP contribution is 2.36. The number of benzene rings is 1. The maximum absolute atomic E-state index is 12.4. The summed E-state index contributed by atoms with van der Waals surface area (Å²) in [5.74, 6) is 0.990. The van der Waals surface area contributed by atoms with Gasteiger partial charge in [-0.3, -0.25) is 9.69 Å². The average Bonchev–Trinajstić information content (AvgIpc) is 2.83. The Bertz CT molecular complexity index is 474. The maximum atomic E-state index is 12.4. The number of nitrogens with zero attached hydrogens (tertiary/aromatic N) is 1. The first-order chi connectivity index (χ1) is 9.25. The van der Waals surface area contributed by atoms with E-state index in [4.69, 9.17) is 11.6 Å². The van der Waals surface area contributed by atoms with E-state index in [1.165, 1.54) is 32.1 Å². The molecule has 1 aromatic carbocycles. The highest BCUT2D eigenvalue weighted by atomic mass is 35.5. The maximum Gasteiger partial charge on any atom is 0.178 e. The molecule has 1 saturated heterocycles. The van der Waals surface area contributed by atoms with Crippen molar-refractivity contribution in [3.8, 4) is 0 Å². The van der Waals surface area contributed by atoms with Crippen LogP contribution in [0.4, 0.5) is 0 Å². The molecule has 2 unspecified atom stereocenters. The van der Waals surface area contributed by atoms with Crippen LogP contribution in [0.25, 0.3) is 0 Å². The number of fused-ring (bicyclic) bond motifs is 1. The monoisotopic (exact) mass is 277 g/mol. The lowest BCUT2D eigenvalue weighted by molar-refractivity contribution is 0.0896. The summed E-state index contributed by atoms with van der Waals surface area (Å²) in [5, 5.41) is 0.576. The molecular formula is C16H20ClNO. The molecule has 1 aliphatic heterocycles. The van der Waals surface area contributed by atoms with Gasteiger partial charge in [0.25, 0.3) is 0 Å². The fourth-order valence-electron chi connectivity index (χ4n) is 3.66. The molecular weight excluding hydrogens is 258 g/mol. The zero-order valence-corrected chi connectivity index (χ0v) is 11.9. The van der Waals surface area contributed by atoms with Gasteiger partial charge < -0.3 is 0 Å². The predicted molar refractivity (Wildman–Crippen MR) is 77.7 cm³/mol. The van der Waals surface area contributed by atoms with Crippen molar-refractivity contribution >= 4 is 17.4 Å². The number of ketones is 1. The minimum absolute atomic E-state index is 0.164. The Kier molecular flexibility index (Phi) is 3.90. The standard InChI is InChI=1S/C16H20ClNO/c17-14-7-3-2-6-13(14)16(19)11-18-10-9-12-5-1-4-8-15(12)18/h2-3,6-7,12,15H,1,4-5,8-11H2. The van der Waals surface area contributed by atoms with Crippen molar-refractivity contribution in [1.82, 2.24) is 4.90 Å². The van der Waals surface area contributed by atoms with E-state index in [1.54, 1.807) is 6.07 Å². The third kappa shape index (κ3) is 2.70. The van der Waals surface area contributed by atoms with Gasteiger partial charge in [-0.15, -0.1) is 0 Å². The van der Waals surface area contributed by atoms with Crippen LogP contribution in [0.2, 0.25) is 5.02 Å². The molecule has 19 heavy (non-hydrogen) atoms. The van der Waals surface area contributed by atoms with E-state index in [1.807, 2.05) is 18.2 Å². The summed E-state index contributed by atoms with van der Waals surface area (Å²) in [6.07, 6.45) is 6.56. The number of hydrogen-bond donors (Lipinski definition) is 0. The third-order valence-corrected chi connectivity index (χ3v) is 4.98. The molecule has 1 aliphatic carbocycles. The molecule has 2 nitrogen and oxygen atoms in total. The Morgan fingerprint density at radius 3 is 2.84 bits per heavy atom. The normalized spacial score (nSPS) is 27.2. The molecule has 1 aromatic rings. The number of carbonyl (C=O) groups is 1. The second kappa shape index (κ2) is 5.64. The molecule has 1 saturated carbocycles. The molecule has 3 rings (SSSR count). The summed E-state index contributed by atoms with van der Waals surface area (Å²) in [4.78, 5) is 14.8. The summed E-state index contributed by atoms with van der Waals surface area (Å²) < 4.78 is 0. The lowest BCUT2D eigenvalue weighted by Gasteiger charge is -2.31. The van der Waals surface area contributed by atoms with Crippen molar-refractivity contribution in [3.05, 3.63) is 34.9 Å². The Balaban J connectivity index is 1.68. The van der Waals surface area contributed by atoms with Gasteiger partial charge in [-0.2, -0.15) is 0 Å². The number of halogens is 1. The van der Waals surface area contributed by atoms with E-state index in [9.17, 15) is 4.79 Å². The van der Waals surface area contributed by atoms with Crippen LogP contribution < -0.4 is 0 Å². The van der Waals surface area contributed by atoms with Gasteiger partial charge in [-0.1, -0.05) is 36.6 Å². The van der Waals surface area contributed by atoms with E-state index >= 15 is 0 Å². The molecule has 1 heterocycles. The molecule has 102 valence electrons. The van der Waals surface area contributed by atoms with Crippen LogP contribution in [0, 0.1) is 5.92 Å². The summed E-state index contributed by atoms with van der Waals surface area (Å²) in [6, 6.07) is 8.01. The number of rotatable bonds is 3. The van der Waals surface area contributed by atoms with Crippen LogP contribution in [0.1, 0.15) is 42.5 Å². The van der Waals surface area contributed by atoms with Gasteiger partial charge in [-0.05, 0) is 43.9 Å². The van der Waals surface area contributed by atoms with E-state index in [0.717, 1.165) is 12.5 Å². The zero-order valence-electron chi connectivity index (χ0n) is 11.1. The quantitative estimate of drug-likeness (QED) is 0.784. The molecule has 2 aliphatic rings. The van der Waals surface area contributed by atoms with Crippen molar-refractivity contribution in [2.45, 2.75) is 38.1 Å². The summed E-state index contributed by atoms with van der Waals surface area (Å²) in [7, 11) is 0. The molecule has 0 aromatic heterocycles. The van der Waals surface area contributed by atoms with E-state index in [0.29, 0.717) is 23.2 Å². The molecule has 2 atom stereocenters. The summed E-state index contributed by atoms with van der Waals surface area (Å²) in [5.41, 5.74) is 0.670. The SMILES string of the molecule is O=C(CN1CCC2CCCCC21)c1ccccc1Cl. The topological polar surface area (TPSA) is 20.3 Å². The van der Waals surface area contributed by atoms with Crippen LogP contribution in [-0.4, -0.2) is 29.8 Å². The Morgan fingerprint density at radius 2 is 2.00 bits per heavy atom. The largest absolute Gasteiger partial charge is 0.293 e. The van der Waals surface area contributed by atoms with Gasteiger partial charge in [-0.25, -0.2) is 0 Å². The minimum Gasteiger partial charge on any atom is -0.293 e. The predicted octanol–water partition coefficient (Wildman–Crippen LogP) is 3.79. The zero-order chi connectivity index (χ0) is 13.2. The Labute approximate surface area is 119 Å². The van der Waals surface area contributed by atoms with Crippen LogP contribution in [0.3, 0.4) is 0 Å². The van der Waals surface area contributed by atoms with Gasteiger partial charge in [0.2, 0.25) is 0 Å². The van der Waals surface area contributed by atoms with E-state index < -0.39 is 0 Å². The van der Waals surface area contributed by atoms with Gasteiger partial charge in [0.1, 0.15) is 0 Å². The summed E-state index contributed by atoms with van der Waals surface area (Å²) >= 11 is 6.10. The fourth-order valence-corrected chi connectivity index (χ4v) is 3.90. The van der Waals surface area contributed by atoms with Crippen molar-refractivity contribution in [1.29, 1.82) is 0 Å². The van der Waals surface area contributed by atoms with E-state index in [-0.39, 0.29) is 5.78 Å². The number of Topliss-reactive ketones (excluding diaryl/α,β-unsaturated/α-hetero) is 1. The average molecular weight is 278 g/mol. The molecule has 2 fully saturated rings. The highest BCUT2D eigenvalue weighted by molar-refractivity contribution is 6.34. The first-order valence-electron chi connectivity index (χ1n) is 7.27. The fraction of sp³-hybridized carbons (Fsp3) is 0.562. The lowest BCUT2D eigenvalue weighted by atomic mass is 9.85. The van der Waals surface area contributed by atoms with Crippen LogP contribution >= 0.6 is 11.6 Å². The number of hydrogen-bond acceptors (Lipinski definition) is 2. The van der Waals surface area contributed by atoms with Crippen molar-refractivity contribution in [3.63, 3.8) is 0 Å². The van der Waals surface area contributed by atoms with Crippen LogP contribution in [0.15, 0.2) is 24.3 Å². The minimum atomic E-state index is 0.164. The number of likely N-dealkylation sites (tertiary alicyclic amines) is 1. The Morgan fingerprint density at radius 1 is 1.21 bits per heavy atom. The molecule has 0 amide bonds. The van der Waals surface area contributed by atoms with Gasteiger partial charge in [0, 0.05) is 11.6 Å². The second-order valence-corrected chi connectivity index (χ2v) is 6.18.